The van der Waals surface area contributed by atoms with Crippen molar-refractivity contribution in [3.63, 3.8) is 0 Å². The number of benzene rings is 2. The third-order valence-electron chi connectivity index (χ3n) is 8.29. The minimum absolute atomic E-state index is 0.00691. The van der Waals surface area contributed by atoms with E-state index in [1.807, 2.05) is 0 Å². The summed E-state index contributed by atoms with van der Waals surface area (Å²) in [5.74, 6) is -1.22. The van der Waals surface area contributed by atoms with Crippen LogP contribution in [0.25, 0.3) is 33.2 Å². The molecule has 2 N–H and O–H groups in total. The summed E-state index contributed by atoms with van der Waals surface area (Å²) in [5, 5.41) is 23.5. The van der Waals surface area contributed by atoms with Gasteiger partial charge in [0.2, 0.25) is 0 Å². The van der Waals surface area contributed by atoms with Crippen molar-refractivity contribution in [2.24, 2.45) is 0 Å². The molecule has 16 nitrogen and oxygen atoms in total. The molecule has 280 valence electrons. The van der Waals surface area contributed by atoms with E-state index in [9.17, 15) is 10.1 Å². The monoisotopic (exact) mass is 834 g/mol. The molecule has 0 spiro atoms. The van der Waals surface area contributed by atoms with Crippen LogP contribution in [0.3, 0.4) is 0 Å². The number of nitro groups is 1. The number of nitrogens with zero attached hydrogens (tertiary/aromatic N) is 13. The minimum Gasteiger partial charge on any atom is -0.399 e. The number of fused-ring (bicyclic) bond motifs is 2. The lowest BCUT2D eigenvalue weighted by Crippen LogP contribution is -2.38. The van der Waals surface area contributed by atoms with E-state index in [1.54, 1.807) is 26.0 Å². The van der Waals surface area contributed by atoms with E-state index < -0.39 is 16.6 Å². The third-order valence-corrected chi connectivity index (χ3v) is 9.44. The maximum atomic E-state index is 15.7. The first-order valence-corrected chi connectivity index (χ1v) is 17.4. The van der Waals surface area contributed by atoms with E-state index in [1.165, 1.54) is 56.6 Å². The first-order chi connectivity index (χ1) is 26.8. The van der Waals surface area contributed by atoms with Gasteiger partial charge < -0.3 is 5.73 Å². The topological polar surface area (TPSA) is 189 Å². The van der Waals surface area contributed by atoms with E-state index in [0.717, 1.165) is 24.5 Å². The maximum Gasteiger partial charge on any atom is 0.272 e. The molecule has 0 aliphatic heterocycles. The number of hydrogen-bond acceptors (Lipinski definition) is 13. The average molecular weight is 836 g/mol. The van der Waals surface area contributed by atoms with Gasteiger partial charge in [0, 0.05) is 53.7 Å². The van der Waals surface area contributed by atoms with E-state index in [0.29, 0.717) is 17.1 Å². The second-order valence-corrected chi connectivity index (χ2v) is 13.7. The number of nitrogens with two attached hydrogens (primary N) is 1. The molecule has 0 atom stereocenters. The zero-order chi connectivity index (χ0) is 39.6. The van der Waals surface area contributed by atoms with Gasteiger partial charge in [-0.15, -0.1) is 0 Å². The van der Waals surface area contributed by atoms with E-state index in [4.69, 9.17) is 52.1 Å². The van der Waals surface area contributed by atoms with Crippen LogP contribution in [0.5, 0.6) is 0 Å². The van der Waals surface area contributed by atoms with E-state index in [-0.39, 0.29) is 82.2 Å². The molecule has 0 radical (unpaired) electrons. The smallest absolute Gasteiger partial charge is 0.272 e. The fraction of sp³-hybridized carbons (Fsp3) is 0.0588. The number of non-ortho nitro benzene ring substituents is 1. The van der Waals surface area contributed by atoms with E-state index in [2.05, 4.69) is 40.1 Å². The fourth-order valence-electron chi connectivity index (χ4n) is 5.90. The van der Waals surface area contributed by atoms with Crippen LogP contribution in [-0.2, 0) is 0 Å². The summed E-state index contributed by atoms with van der Waals surface area (Å²) in [7, 11) is 0. The van der Waals surface area contributed by atoms with Crippen LogP contribution in [0.2, 0.25) is 20.1 Å². The number of rotatable bonds is 8. The second-order valence-electron chi connectivity index (χ2n) is 12.0. The molecule has 0 amide bonds. The van der Waals surface area contributed by atoms with Gasteiger partial charge in [-0.3, -0.25) is 10.1 Å². The number of pyridine rings is 2. The minimum atomic E-state index is -0.833. The summed E-state index contributed by atoms with van der Waals surface area (Å²) < 4.78 is 33.9. The Bertz CT molecular complexity index is 2860. The molecule has 0 bridgehead atoms. The highest BCUT2D eigenvalue weighted by Gasteiger charge is 2.32. The van der Waals surface area contributed by atoms with Crippen LogP contribution >= 0.6 is 46.4 Å². The van der Waals surface area contributed by atoms with Crippen molar-refractivity contribution in [1.29, 1.82) is 0 Å². The van der Waals surface area contributed by atoms with Gasteiger partial charge in [0.05, 0.1) is 48.2 Å². The second kappa shape index (κ2) is 14.1. The summed E-state index contributed by atoms with van der Waals surface area (Å²) in [5.41, 5.74) is 6.84. The highest BCUT2D eigenvalue weighted by Crippen LogP contribution is 2.42. The first kappa shape index (κ1) is 36.6. The first-order valence-electron chi connectivity index (χ1n) is 15.9. The van der Waals surface area contributed by atoms with Gasteiger partial charge in [-0.2, -0.15) is 10.2 Å². The predicted molar refractivity (Wildman–Crippen MR) is 207 cm³/mol. The Hall–Kier alpha value is -6.34. The summed E-state index contributed by atoms with van der Waals surface area (Å²) in [6, 6.07) is 8.37. The molecule has 8 rings (SSSR count). The van der Waals surface area contributed by atoms with Crippen molar-refractivity contribution < 1.29 is 13.7 Å². The van der Waals surface area contributed by atoms with Crippen LogP contribution < -0.4 is 15.8 Å². The quantitative estimate of drug-likeness (QED) is 0.0871. The molecule has 0 fully saturated rings. The Balaban J connectivity index is 1.43. The summed E-state index contributed by atoms with van der Waals surface area (Å²) in [6.07, 6.45) is 7.38. The van der Waals surface area contributed by atoms with Gasteiger partial charge in [0.1, 0.15) is 35.1 Å². The number of nitrogen functional groups attached to an aromatic ring is 1. The fourth-order valence-corrected chi connectivity index (χ4v) is 7.22. The third kappa shape index (κ3) is 6.37. The zero-order valence-electron chi connectivity index (χ0n) is 28.4. The van der Waals surface area contributed by atoms with E-state index >= 15 is 8.78 Å². The Morgan fingerprint density at radius 1 is 0.661 bits per heavy atom. The predicted octanol–water partition coefficient (Wildman–Crippen LogP) is 8.62. The Morgan fingerprint density at radius 2 is 1.07 bits per heavy atom. The summed E-state index contributed by atoms with van der Waals surface area (Å²) in [4.78, 5) is 37.4. The Morgan fingerprint density at radius 3 is 1.46 bits per heavy atom. The molecule has 56 heavy (non-hydrogen) atoms. The van der Waals surface area contributed by atoms with Crippen LogP contribution in [0.4, 0.5) is 43.4 Å². The van der Waals surface area contributed by atoms with Crippen molar-refractivity contribution in [1.82, 2.24) is 49.5 Å². The number of halogens is 6. The number of aryl methyl sites for hydroxylation is 2. The molecule has 22 heteroatoms. The highest BCUT2D eigenvalue weighted by atomic mass is 35.5. The van der Waals surface area contributed by atoms with Crippen LogP contribution in [0, 0.1) is 35.6 Å². The molecular formula is C34H20Cl4F2N14O2. The molecule has 6 aromatic heterocycles. The maximum absolute atomic E-state index is 15.7. The molecule has 8 aromatic rings. The van der Waals surface area contributed by atoms with Crippen LogP contribution in [0.1, 0.15) is 11.4 Å². The lowest BCUT2D eigenvalue weighted by Gasteiger charge is -2.35. The average Bonchev–Trinajstić information content (AvgIpc) is 3.78. The Kier molecular flexibility index (Phi) is 9.20. The largest absolute Gasteiger partial charge is 0.399 e. The van der Waals surface area contributed by atoms with Gasteiger partial charge >= 0.3 is 0 Å². The molecule has 0 saturated carbocycles. The molecule has 0 unspecified atom stereocenters. The molecule has 6 heterocycles. The SMILES string of the molecule is Cc1cc(N(c2ncc(F)c3nn(-c4c(Cl)cc(N)cc4Cl)cc23)N(c2cc(C)ncn2)c2ncc(F)c3nn(-c4c(Cl)cc([N+](=O)[O-])cc4Cl)cc23)ncn1. The van der Waals surface area contributed by atoms with Gasteiger partial charge in [-0.1, -0.05) is 46.4 Å². The van der Waals surface area contributed by atoms with Gasteiger partial charge in [0.15, 0.2) is 34.9 Å². The van der Waals surface area contributed by atoms with Crippen molar-refractivity contribution >= 4 is 103 Å². The highest BCUT2D eigenvalue weighted by molar-refractivity contribution is 6.38. The number of hydrogen-bond donors (Lipinski definition) is 1. The molecule has 2 aromatic carbocycles. The van der Waals surface area contributed by atoms with Gasteiger partial charge in [0.25, 0.3) is 5.69 Å². The van der Waals surface area contributed by atoms with Crippen molar-refractivity contribution in [3.8, 4) is 11.4 Å². The Labute approximate surface area is 332 Å². The van der Waals surface area contributed by atoms with Crippen molar-refractivity contribution in [2.75, 3.05) is 15.8 Å². The van der Waals surface area contributed by atoms with Gasteiger partial charge in [-0.25, -0.2) is 58.1 Å². The van der Waals surface area contributed by atoms with Crippen molar-refractivity contribution in [2.45, 2.75) is 13.8 Å². The van der Waals surface area contributed by atoms with Crippen LogP contribution in [0.15, 0.2) is 73.8 Å². The molecular weight excluding hydrogens is 816 g/mol. The zero-order valence-corrected chi connectivity index (χ0v) is 31.4. The number of hydrazine groups is 1. The molecule has 0 saturated heterocycles. The summed E-state index contributed by atoms with van der Waals surface area (Å²) >= 11 is 26.1. The number of aromatic nitrogens is 10. The number of nitro benzene ring substituents is 1. The summed E-state index contributed by atoms with van der Waals surface area (Å²) in [6.45, 7) is 3.46. The van der Waals surface area contributed by atoms with Gasteiger partial charge in [-0.05, 0) is 26.0 Å². The van der Waals surface area contributed by atoms with Crippen LogP contribution in [-0.4, -0.2) is 54.4 Å². The van der Waals surface area contributed by atoms with Crippen molar-refractivity contribution in [3.05, 3.63) is 127 Å². The lowest BCUT2D eigenvalue weighted by molar-refractivity contribution is -0.384. The normalized spacial score (nSPS) is 11.4. The standard InChI is InChI=1S/C34H20Cl4F2N14O2/c1-15-3-27(46-13-44-15)52(33-19-11-50(48-29(19)25(39)9-42-33)31-21(35)5-17(41)6-22(31)36)53(28-4-16(2)45-14-47-28)34-20-12-51(49-30(20)26(40)10-43-34)32-23(37)7-18(54(55)56)8-24(32)38/h3-14H,41H2,1-2H3. The molecule has 0 aliphatic rings. The molecule has 0 aliphatic carbocycles. The number of anilines is 5. The lowest BCUT2D eigenvalue weighted by atomic mass is 10.2.